The van der Waals surface area contributed by atoms with Gasteiger partial charge in [0.15, 0.2) is 0 Å². The maximum atomic E-state index is 10.9. The number of aldehydes is 1. The molecule has 0 atom stereocenters. The van der Waals surface area contributed by atoms with Gasteiger partial charge in [-0.15, -0.1) is 0 Å². The van der Waals surface area contributed by atoms with Gasteiger partial charge in [-0.1, -0.05) is 31.4 Å². The molecule has 0 unspecified atom stereocenters. The molecule has 0 saturated heterocycles. The van der Waals surface area contributed by atoms with Crippen LogP contribution < -0.4 is 5.46 Å². The molecule has 2 N–H and O–H groups in total. The minimum atomic E-state index is -1.57. The third kappa shape index (κ3) is 2.76. The molecule has 0 heterocycles. The molecule has 0 bridgehead atoms. The Morgan fingerprint density at radius 1 is 1.18 bits per heavy atom. The van der Waals surface area contributed by atoms with Gasteiger partial charge in [-0.3, -0.25) is 4.79 Å². The largest absolute Gasteiger partial charge is 0.489 e. The molecule has 0 spiro atoms. The van der Waals surface area contributed by atoms with Crippen molar-refractivity contribution in [2.75, 3.05) is 0 Å². The molecule has 0 aromatic heterocycles. The lowest BCUT2D eigenvalue weighted by atomic mass is 9.75. The molecule has 2 rings (SSSR count). The van der Waals surface area contributed by atoms with Crippen LogP contribution in [0.4, 0.5) is 0 Å². The smallest absolute Gasteiger partial charge is 0.423 e. The zero-order valence-corrected chi connectivity index (χ0v) is 9.80. The molecule has 1 aliphatic rings. The van der Waals surface area contributed by atoms with E-state index in [4.69, 9.17) is 10.0 Å². The van der Waals surface area contributed by atoms with Crippen LogP contribution in [-0.4, -0.2) is 23.5 Å². The van der Waals surface area contributed by atoms with Crippen LogP contribution in [0.5, 0.6) is 0 Å². The van der Waals surface area contributed by atoms with Crippen molar-refractivity contribution in [1.29, 1.82) is 0 Å². The number of carbonyl (C=O) groups is 1. The van der Waals surface area contributed by atoms with Gasteiger partial charge in [-0.25, -0.2) is 0 Å². The number of hydrogen-bond acceptors (Lipinski definition) is 3. The summed E-state index contributed by atoms with van der Waals surface area (Å²) in [5, 5.41) is 18.3. The Hall–Kier alpha value is -1.13. The highest BCUT2D eigenvalue weighted by molar-refractivity contribution is 6.60. The molecule has 0 aliphatic heterocycles. The Kier molecular flexibility index (Phi) is 3.97. The van der Waals surface area contributed by atoms with Crippen molar-refractivity contribution < 1.29 is 14.8 Å². The quantitative estimate of drug-likeness (QED) is 0.608. The number of hydrogen-bond donors (Lipinski definition) is 2. The second-order valence-corrected chi connectivity index (χ2v) is 4.71. The number of benzene rings is 1. The summed E-state index contributed by atoms with van der Waals surface area (Å²) >= 11 is 0. The first-order chi connectivity index (χ1) is 8.22. The summed E-state index contributed by atoms with van der Waals surface area (Å²) in [4.78, 5) is 10.9. The summed E-state index contributed by atoms with van der Waals surface area (Å²) in [6.07, 6.45) is 6.81. The lowest BCUT2D eigenvalue weighted by Crippen LogP contribution is -2.33. The SMILES string of the molecule is O=Cc1cc(C2CCCCC2)ccc1B(O)O. The molecule has 1 saturated carbocycles. The maximum absolute atomic E-state index is 10.9. The zero-order chi connectivity index (χ0) is 12.3. The molecule has 1 aliphatic carbocycles. The zero-order valence-electron chi connectivity index (χ0n) is 9.80. The summed E-state index contributed by atoms with van der Waals surface area (Å²) in [5.41, 5.74) is 1.83. The monoisotopic (exact) mass is 232 g/mol. The molecule has 1 aromatic rings. The van der Waals surface area contributed by atoms with Crippen molar-refractivity contribution in [2.45, 2.75) is 38.0 Å². The van der Waals surface area contributed by atoms with E-state index in [9.17, 15) is 4.79 Å². The first-order valence-electron chi connectivity index (χ1n) is 6.17. The molecule has 1 aromatic carbocycles. The highest BCUT2D eigenvalue weighted by Gasteiger charge is 2.20. The molecule has 0 amide bonds. The van der Waals surface area contributed by atoms with Crippen molar-refractivity contribution in [3.8, 4) is 0 Å². The highest BCUT2D eigenvalue weighted by Crippen LogP contribution is 2.32. The van der Waals surface area contributed by atoms with Crippen molar-refractivity contribution in [3.05, 3.63) is 29.3 Å². The van der Waals surface area contributed by atoms with E-state index < -0.39 is 7.12 Å². The Morgan fingerprint density at radius 3 is 2.47 bits per heavy atom. The Bertz CT molecular complexity index is 398. The van der Waals surface area contributed by atoms with Crippen LogP contribution in [0.3, 0.4) is 0 Å². The maximum Gasteiger partial charge on any atom is 0.489 e. The summed E-state index contributed by atoms with van der Waals surface area (Å²) in [6, 6.07) is 5.37. The van der Waals surface area contributed by atoms with Gasteiger partial charge in [0.25, 0.3) is 0 Å². The van der Waals surface area contributed by atoms with E-state index in [-0.39, 0.29) is 0 Å². The van der Waals surface area contributed by atoms with Gasteiger partial charge < -0.3 is 10.0 Å². The average Bonchev–Trinajstić information content (AvgIpc) is 2.39. The Labute approximate surface area is 102 Å². The van der Waals surface area contributed by atoms with Crippen molar-refractivity contribution in [1.82, 2.24) is 0 Å². The van der Waals surface area contributed by atoms with Crippen LogP contribution in [0.25, 0.3) is 0 Å². The second kappa shape index (κ2) is 5.47. The predicted octanol–water partition coefficient (Wildman–Crippen LogP) is 1.23. The molecular formula is C13H17BO3. The normalized spacial score (nSPS) is 16.8. The van der Waals surface area contributed by atoms with E-state index in [1.807, 2.05) is 6.07 Å². The van der Waals surface area contributed by atoms with Gasteiger partial charge >= 0.3 is 7.12 Å². The summed E-state index contributed by atoms with van der Waals surface area (Å²) in [7, 11) is -1.57. The van der Waals surface area contributed by atoms with Gasteiger partial charge in [0.1, 0.15) is 6.29 Å². The van der Waals surface area contributed by atoms with Crippen LogP contribution in [0, 0.1) is 0 Å². The summed E-state index contributed by atoms with van der Waals surface area (Å²) in [6.45, 7) is 0. The molecule has 1 fully saturated rings. The minimum Gasteiger partial charge on any atom is -0.423 e. The molecule has 3 nitrogen and oxygen atoms in total. The molecule has 4 heteroatoms. The van der Waals surface area contributed by atoms with Gasteiger partial charge in [-0.05, 0) is 35.9 Å². The lowest BCUT2D eigenvalue weighted by Gasteiger charge is -2.22. The summed E-state index contributed by atoms with van der Waals surface area (Å²) in [5.74, 6) is 0.521. The lowest BCUT2D eigenvalue weighted by molar-refractivity contribution is 0.112. The second-order valence-electron chi connectivity index (χ2n) is 4.71. The molecule has 0 radical (unpaired) electrons. The van der Waals surface area contributed by atoms with Gasteiger partial charge in [-0.2, -0.15) is 0 Å². The van der Waals surface area contributed by atoms with Gasteiger partial charge in [0, 0.05) is 5.56 Å². The van der Waals surface area contributed by atoms with Crippen LogP contribution >= 0.6 is 0 Å². The molecule has 90 valence electrons. The standard InChI is InChI=1S/C13H17BO3/c15-9-12-8-11(6-7-13(12)14(16)17)10-4-2-1-3-5-10/h6-10,16-17H,1-5H2. The van der Waals surface area contributed by atoms with Crippen molar-refractivity contribution in [2.24, 2.45) is 0 Å². The fourth-order valence-electron chi connectivity index (χ4n) is 2.62. The molecule has 17 heavy (non-hydrogen) atoms. The van der Waals surface area contributed by atoms with E-state index in [2.05, 4.69) is 0 Å². The predicted molar refractivity (Wildman–Crippen MR) is 67.5 cm³/mol. The van der Waals surface area contributed by atoms with E-state index in [1.165, 1.54) is 32.1 Å². The number of carbonyl (C=O) groups excluding carboxylic acids is 1. The van der Waals surface area contributed by atoms with E-state index >= 15 is 0 Å². The van der Waals surface area contributed by atoms with E-state index in [1.54, 1.807) is 12.1 Å². The first kappa shape index (κ1) is 12.3. The fraction of sp³-hybridized carbons (Fsp3) is 0.462. The van der Waals surface area contributed by atoms with E-state index in [0.29, 0.717) is 23.2 Å². The van der Waals surface area contributed by atoms with Crippen LogP contribution in [0.1, 0.15) is 53.9 Å². The molecular weight excluding hydrogens is 215 g/mol. The first-order valence-corrected chi connectivity index (χ1v) is 6.17. The topological polar surface area (TPSA) is 57.5 Å². The van der Waals surface area contributed by atoms with Crippen molar-refractivity contribution >= 4 is 18.9 Å². The Morgan fingerprint density at radius 2 is 1.88 bits per heavy atom. The third-order valence-corrected chi connectivity index (χ3v) is 3.59. The highest BCUT2D eigenvalue weighted by atomic mass is 16.4. The van der Waals surface area contributed by atoms with Gasteiger partial charge in [0.2, 0.25) is 0 Å². The van der Waals surface area contributed by atoms with Crippen LogP contribution in [0.15, 0.2) is 18.2 Å². The number of rotatable bonds is 3. The van der Waals surface area contributed by atoms with Crippen LogP contribution in [-0.2, 0) is 0 Å². The van der Waals surface area contributed by atoms with Crippen LogP contribution in [0.2, 0.25) is 0 Å². The minimum absolute atomic E-state index is 0.291. The summed E-state index contributed by atoms with van der Waals surface area (Å²) < 4.78 is 0. The van der Waals surface area contributed by atoms with E-state index in [0.717, 1.165) is 5.56 Å². The average molecular weight is 232 g/mol. The Balaban J connectivity index is 2.27. The fourth-order valence-corrected chi connectivity index (χ4v) is 2.62. The van der Waals surface area contributed by atoms with Gasteiger partial charge in [0.05, 0.1) is 0 Å². The third-order valence-electron chi connectivity index (χ3n) is 3.59. The van der Waals surface area contributed by atoms with Crippen molar-refractivity contribution in [3.63, 3.8) is 0 Å².